The first-order valence-electron chi connectivity index (χ1n) is 26.5. The predicted molar refractivity (Wildman–Crippen MR) is 344 cm³/mol. The zero-order valence-electron chi connectivity index (χ0n) is 43.4. The molecule has 0 aliphatic rings. The van der Waals surface area contributed by atoms with Crippen molar-refractivity contribution in [2.45, 2.75) is 20.8 Å². The normalized spacial score (nSPS) is 11.9. The smallest absolute Gasteiger partial charge is 0.0908 e. The topological polar surface area (TPSA) is 38.7 Å². The van der Waals surface area contributed by atoms with Gasteiger partial charge in [0, 0.05) is 40.7 Å². The van der Waals surface area contributed by atoms with Crippen LogP contribution < -0.4 is 0 Å². The lowest BCUT2D eigenvalue weighted by molar-refractivity contribution is 1.35. The van der Waals surface area contributed by atoms with Gasteiger partial charge in [0.2, 0.25) is 0 Å². The minimum atomic E-state index is 0. The summed E-state index contributed by atoms with van der Waals surface area (Å²) in [6.07, 6.45) is 0. The van der Waals surface area contributed by atoms with E-state index in [9.17, 15) is 0 Å². The first-order chi connectivity index (χ1) is 38.4. The van der Waals surface area contributed by atoms with Crippen LogP contribution in [0, 0.1) is 20.8 Å². The summed E-state index contributed by atoms with van der Waals surface area (Å²) in [4.78, 5) is 15.3. The first kappa shape index (κ1) is 47.4. The molecule has 0 amide bonds. The van der Waals surface area contributed by atoms with Crippen molar-refractivity contribution in [2.75, 3.05) is 0 Å². The molecule has 0 bridgehead atoms. The number of aryl methyl sites for hydroxylation is 3. The minimum absolute atomic E-state index is 0. The van der Waals surface area contributed by atoms with Crippen LogP contribution in [0.4, 0.5) is 0 Å². The van der Waals surface area contributed by atoms with E-state index in [1.54, 1.807) is 34.0 Å². The summed E-state index contributed by atoms with van der Waals surface area (Å²) in [6, 6.07) is 81.6. The van der Waals surface area contributed by atoms with Crippen molar-refractivity contribution in [1.82, 2.24) is 15.0 Å². The van der Waals surface area contributed by atoms with E-state index in [0.717, 1.165) is 48.3 Å². The molecule has 16 rings (SSSR count). The molecule has 79 heavy (non-hydrogen) atoms. The molecule has 0 spiro atoms. The molecule has 0 atom stereocenters. The van der Waals surface area contributed by atoms with Gasteiger partial charge < -0.3 is 0 Å². The summed E-state index contributed by atoms with van der Waals surface area (Å²) < 4.78 is 3.75. The van der Waals surface area contributed by atoms with Gasteiger partial charge in [-0.15, -0.1) is 34.0 Å². The highest BCUT2D eigenvalue weighted by atomic mass is 32.1. The highest BCUT2D eigenvalue weighted by Crippen LogP contribution is 2.47. The Hall–Kier alpha value is -8.85. The van der Waals surface area contributed by atoms with E-state index in [-0.39, 0.29) is 8.41 Å². The molecule has 3 heterocycles. The van der Waals surface area contributed by atoms with Crippen LogP contribution in [0.1, 0.15) is 15.0 Å². The van der Waals surface area contributed by atoms with E-state index in [1.807, 2.05) is 0 Å². The highest BCUT2D eigenvalue weighted by Gasteiger charge is 2.21. The Balaban J connectivity index is 0.00000541. The van der Waals surface area contributed by atoms with Gasteiger partial charge in [0.05, 0.1) is 45.7 Å². The quantitative estimate of drug-likeness (QED) is 0.123. The predicted octanol–water partition coefficient (Wildman–Crippen LogP) is 21.0. The largest absolute Gasteiger partial charge is 0.241 e. The lowest BCUT2D eigenvalue weighted by atomic mass is 9.85. The molecular formula is C72H45BN3S3. The van der Waals surface area contributed by atoms with Crippen LogP contribution in [-0.4, -0.2) is 23.4 Å². The molecule has 0 aliphatic heterocycles. The lowest BCUT2D eigenvalue weighted by Gasteiger charge is -2.18. The molecule has 0 saturated heterocycles. The molecule has 7 heteroatoms. The van der Waals surface area contributed by atoms with E-state index >= 15 is 0 Å². The summed E-state index contributed by atoms with van der Waals surface area (Å²) in [5.74, 6) is 0. The third kappa shape index (κ3) is 7.48. The van der Waals surface area contributed by atoms with Crippen molar-refractivity contribution < 1.29 is 0 Å². The van der Waals surface area contributed by atoms with Gasteiger partial charge in [0.1, 0.15) is 0 Å². The molecule has 3 radical (unpaired) electrons. The summed E-state index contributed by atoms with van der Waals surface area (Å²) in [7, 11) is 0. The average Bonchev–Trinajstić information content (AvgIpc) is 4.44. The highest BCUT2D eigenvalue weighted by molar-refractivity contribution is 7.20. The molecule has 0 fully saturated rings. The van der Waals surface area contributed by atoms with E-state index in [1.165, 1.54) is 129 Å². The first-order valence-corrected chi connectivity index (χ1v) is 28.9. The van der Waals surface area contributed by atoms with Crippen molar-refractivity contribution >= 4 is 138 Å². The fourth-order valence-electron chi connectivity index (χ4n) is 12.6. The van der Waals surface area contributed by atoms with Gasteiger partial charge >= 0.3 is 0 Å². The summed E-state index contributed by atoms with van der Waals surface area (Å²) in [6.45, 7) is 6.34. The molecule has 0 N–H and O–H groups in total. The molecule has 369 valence electrons. The van der Waals surface area contributed by atoms with E-state index < -0.39 is 0 Å². The third-order valence-corrected chi connectivity index (χ3v) is 19.0. The molecule has 16 aromatic rings. The zero-order chi connectivity index (χ0) is 51.8. The van der Waals surface area contributed by atoms with Crippen molar-refractivity contribution in [3.8, 4) is 66.8 Å². The van der Waals surface area contributed by atoms with E-state index in [4.69, 9.17) is 15.0 Å². The molecular weight excluding hydrogens is 1010 g/mol. The summed E-state index contributed by atoms with van der Waals surface area (Å²) in [5.41, 5.74) is 17.2. The molecule has 0 unspecified atom stereocenters. The third-order valence-electron chi connectivity index (χ3n) is 16.0. The SMILES string of the molecule is Cc1nc2c3ccc(-c4ccccc4-c4cc(-c5ccccc5-c5ccc6c(c5)c5ccccc5c5sc(C)nc65)cc(-c5ccccc5-c5ccc6c(c5)c5ccccc5c5sc(C)nc65)c4)cc3c3ccccc3c2s1.[B]. The van der Waals surface area contributed by atoms with Crippen molar-refractivity contribution in [2.24, 2.45) is 0 Å². The number of rotatable bonds is 6. The molecule has 13 aromatic carbocycles. The van der Waals surface area contributed by atoms with Crippen molar-refractivity contribution in [3.05, 3.63) is 233 Å². The fraction of sp³-hybridized carbons (Fsp3) is 0.0417. The lowest BCUT2D eigenvalue weighted by Crippen LogP contribution is -1.92. The Bertz CT molecular complexity index is 4690. The monoisotopic (exact) mass is 1060 g/mol. The van der Waals surface area contributed by atoms with Gasteiger partial charge in [-0.2, -0.15) is 0 Å². The molecule has 3 aromatic heterocycles. The summed E-state index contributed by atoms with van der Waals surface area (Å²) >= 11 is 5.35. The van der Waals surface area contributed by atoms with Gasteiger partial charge in [0.15, 0.2) is 0 Å². The number of nitrogens with zero attached hydrogens (tertiary/aromatic N) is 3. The Morgan fingerprint density at radius 1 is 0.228 bits per heavy atom. The second-order valence-corrected chi connectivity index (χ2v) is 24.2. The number of hydrogen-bond acceptors (Lipinski definition) is 6. The number of hydrogen-bond donors (Lipinski definition) is 0. The van der Waals surface area contributed by atoms with Gasteiger partial charge in [-0.25, -0.2) is 15.0 Å². The van der Waals surface area contributed by atoms with Crippen molar-refractivity contribution in [3.63, 3.8) is 0 Å². The van der Waals surface area contributed by atoms with E-state index in [0.29, 0.717) is 0 Å². The maximum atomic E-state index is 5.09. The van der Waals surface area contributed by atoms with Gasteiger partial charge in [-0.05, 0) is 156 Å². The van der Waals surface area contributed by atoms with Crippen molar-refractivity contribution in [1.29, 1.82) is 0 Å². The molecule has 0 saturated carbocycles. The average molecular weight is 1060 g/mol. The van der Waals surface area contributed by atoms with Gasteiger partial charge in [-0.1, -0.05) is 182 Å². The Kier molecular flexibility index (Phi) is 11.0. The van der Waals surface area contributed by atoms with Crippen LogP contribution in [-0.2, 0) is 0 Å². The van der Waals surface area contributed by atoms with Crippen LogP contribution >= 0.6 is 34.0 Å². The second-order valence-electron chi connectivity index (χ2n) is 20.6. The summed E-state index contributed by atoms with van der Waals surface area (Å²) in [5, 5.41) is 18.0. The zero-order valence-corrected chi connectivity index (χ0v) is 45.9. The number of fused-ring (bicyclic) bond motifs is 18. The number of thiazole rings is 3. The second kappa shape index (κ2) is 18.4. The Morgan fingerprint density at radius 2 is 0.468 bits per heavy atom. The van der Waals surface area contributed by atoms with Crippen LogP contribution in [0.3, 0.4) is 0 Å². The maximum Gasteiger partial charge on any atom is 0.0908 e. The standard InChI is InChI=1S/C72H45N3S3.B/c1-40-73-67-58-31-28-43(37-64(58)55-22-10-13-25-61(55)70(67)76-40)49-16-4-7-19-52(49)46-34-47(53-20-8-5-17-50(53)44-29-32-59-65(38-44)56-23-11-14-26-62(56)71-68(59)74-41(2)77-71)36-48(35-46)54-21-9-6-18-51(54)45-30-33-60-66(39-45)57-24-12-15-27-63(57)72-69(60)75-42(3)78-72;/h4-39H,1-3H3;. The van der Waals surface area contributed by atoms with Crippen LogP contribution in [0.2, 0.25) is 0 Å². The number of aromatic nitrogens is 3. The maximum absolute atomic E-state index is 5.09. The van der Waals surface area contributed by atoms with Crippen LogP contribution in [0.5, 0.6) is 0 Å². The molecule has 3 nitrogen and oxygen atoms in total. The van der Waals surface area contributed by atoms with Gasteiger partial charge in [0.25, 0.3) is 0 Å². The van der Waals surface area contributed by atoms with Crippen LogP contribution in [0.25, 0.3) is 162 Å². The number of benzene rings is 13. The minimum Gasteiger partial charge on any atom is -0.241 e. The Morgan fingerprint density at radius 3 is 0.747 bits per heavy atom. The van der Waals surface area contributed by atoms with Gasteiger partial charge in [-0.3, -0.25) is 0 Å². The van der Waals surface area contributed by atoms with E-state index in [2.05, 4.69) is 239 Å². The molecule has 0 aliphatic carbocycles. The fourth-order valence-corrected chi connectivity index (χ4v) is 15.5. The van der Waals surface area contributed by atoms with Crippen LogP contribution in [0.15, 0.2) is 218 Å². The Labute approximate surface area is 470 Å².